The van der Waals surface area contributed by atoms with Crippen molar-refractivity contribution in [1.29, 1.82) is 0 Å². The molecular weight excluding hydrogens is 292 g/mol. The first-order valence-corrected chi connectivity index (χ1v) is 8.40. The predicted octanol–water partition coefficient (Wildman–Crippen LogP) is -0.479. The Kier molecular flexibility index (Phi) is 6.73. The lowest BCUT2D eigenvalue weighted by Crippen LogP contribution is -2.41. The molecule has 1 heterocycles. The molecule has 0 fully saturated rings. The van der Waals surface area contributed by atoms with E-state index in [2.05, 4.69) is 10.3 Å². The third kappa shape index (κ3) is 7.16. The zero-order valence-corrected chi connectivity index (χ0v) is 13.4. The van der Waals surface area contributed by atoms with Crippen LogP contribution in [0.2, 0.25) is 0 Å². The first-order valence-electron chi connectivity index (χ1n) is 6.55. The molecule has 0 aliphatic carbocycles. The summed E-state index contributed by atoms with van der Waals surface area (Å²) >= 11 is 0. The van der Waals surface area contributed by atoms with Crippen molar-refractivity contribution < 1.29 is 13.2 Å². The van der Waals surface area contributed by atoms with Gasteiger partial charge in [-0.15, -0.1) is 0 Å². The Labute approximate surface area is 126 Å². The maximum Gasteiger partial charge on any atom is 0.235 e. The maximum atomic E-state index is 11.8. The van der Waals surface area contributed by atoms with Crippen molar-refractivity contribution in [2.45, 2.75) is 6.54 Å². The number of sulfonamides is 1. The molecule has 1 amide bonds. The van der Waals surface area contributed by atoms with E-state index in [0.717, 1.165) is 10.6 Å². The van der Waals surface area contributed by atoms with Crippen LogP contribution in [0.5, 0.6) is 0 Å². The van der Waals surface area contributed by atoms with Crippen molar-refractivity contribution in [1.82, 2.24) is 19.5 Å². The van der Waals surface area contributed by atoms with Crippen LogP contribution >= 0.6 is 0 Å². The summed E-state index contributed by atoms with van der Waals surface area (Å²) in [6, 6.07) is 5.25. The summed E-state index contributed by atoms with van der Waals surface area (Å²) in [5, 5.41) is 2.70. The summed E-state index contributed by atoms with van der Waals surface area (Å²) in [7, 11) is 0.320. The fraction of sp³-hybridized carbons (Fsp3) is 0.538. The first kappa shape index (κ1) is 17.5. The van der Waals surface area contributed by atoms with Crippen molar-refractivity contribution in [3.63, 3.8) is 0 Å². The van der Waals surface area contributed by atoms with Crippen LogP contribution in [-0.4, -0.2) is 68.5 Å². The molecular formula is C13H22N4O3S. The fourth-order valence-corrected chi connectivity index (χ4v) is 2.32. The standard InChI is InChI=1S/C13H22N4O3S/c1-16(2)9-8-15-13(18)11-17(21(3,19)20)10-12-6-4-5-7-14-12/h4-7H,8-11H2,1-3H3,(H,15,18). The van der Waals surface area contributed by atoms with Crippen LogP contribution in [0, 0.1) is 0 Å². The number of pyridine rings is 1. The van der Waals surface area contributed by atoms with Gasteiger partial charge in [0.05, 0.1) is 25.0 Å². The van der Waals surface area contributed by atoms with E-state index in [9.17, 15) is 13.2 Å². The summed E-state index contributed by atoms with van der Waals surface area (Å²) in [6.45, 7) is 1.06. The number of hydrogen-bond donors (Lipinski definition) is 1. The molecule has 0 bridgehead atoms. The van der Waals surface area contributed by atoms with Crippen molar-refractivity contribution in [3.05, 3.63) is 30.1 Å². The second-order valence-electron chi connectivity index (χ2n) is 5.01. The maximum absolute atomic E-state index is 11.8. The van der Waals surface area contributed by atoms with Gasteiger partial charge in [-0.3, -0.25) is 9.78 Å². The minimum absolute atomic E-state index is 0.0841. The van der Waals surface area contributed by atoms with E-state index in [1.807, 2.05) is 19.0 Å². The number of rotatable bonds is 8. The minimum atomic E-state index is -3.48. The van der Waals surface area contributed by atoms with Crippen molar-refractivity contribution >= 4 is 15.9 Å². The zero-order chi connectivity index (χ0) is 15.9. The average molecular weight is 314 g/mol. The summed E-state index contributed by atoms with van der Waals surface area (Å²) in [5.41, 5.74) is 0.601. The summed E-state index contributed by atoms with van der Waals surface area (Å²) in [5.74, 6) is -0.321. The molecule has 0 atom stereocenters. The van der Waals surface area contributed by atoms with E-state index in [1.165, 1.54) is 0 Å². The molecule has 0 saturated carbocycles. The Morgan fingerprint density at radius 3 is 2.57 bits per heavy atom. The van der Waals surface area contributed by atoms with Gasteiger partial charge in [-0.2, -0.15) is 4.31 Å². The quantitative estimate of drug-likeness (QED) is 0.701. The molecule has 1 aromatic heterocycles. The number of likely N-dealkylation sites (N-methyl/N-ethyl adjacent to an activating group) is 1. The smallest absolute Gasteiger partial charge is 0.235 e. The van der Waals surface area contributed by atoms with Gasteiger partial charge in [0.1, 0.15) is 0 Å². The lowest BCUT2D eigenvalue weighted by atomic mass is 10.3. The number of amides is 1. The number of carbonyl (C=O) groups excluding carboxylic acids is 1. The summed E-state index contributed by atoms with van der Waals surface area (Å²) < 4.78 is 24.6. The van der Waals surface area contributed by atoms with E-state index in [0.29, 0.717) is 18.8 Å². The van der Waals surface area contributed by atoms with Gasteiger partial charge in [0.25, 0.3) is 0 Å². The topological polar surface area (TPSA) is 82.6 Å². The molecule has 118 valence electrons. The van der Waals surface area contributed by atoms with Gasteiger partial charge in [0.2, 0.25) is 15.9 Å². The first-order chi connectivity index (χ1) is 9.79. The van der Waals surface area contributed by atoms with Gasteiger partial charge in [-0.05, 0) is 26.2 Å². The van der Waals surface area contributed by atoms with Crippen LogP contribution in [0.3, 0.4) is 0 Å². The Morgan fingerprint density at radius 2 is 2.05 bits per heavy atom. The van der Waals surface area contributed by atoms with Crippen molar-refractivity contribution in [2.24, 2.45) is 0 Å². The molecule has 1 aromatic rings. The van der Waals surface area contributed by atoms with Crippen LogP contribution in [-0.2, 0) is 21.4 Å². The third-order valence-electron chi connectivity index (χ3n) is 2.73. The van der Waals surface area contributed by atoms with Crippen LogP contribution in [0.25, 0.3) is 0 Å². The van der Waals surface area contributed by atoms with Gasteiger partial charge in [-0.1, -0.05) is 6.07 Å². The second kappa shape index (κ2) is 8.06. The normalized spacial score (nSPS) is 11.9. The molecule has 1 N–H and O–H groups in total. The predicted molar refractivity (Wildman–Crippen MR) is 81.1 cm³/mol. The molecule has 0 aliphatic heterocycles. The van der Waals surface area contributed by atoms with Crippen LogP contribution in [0.15, 0.2) is 24.4 Å². The number of hydrogen-bond acceptors (Lipinski definition) is 5. The monoisotopic (exact) mass is 314 g/mol. The molecule has 0 aliphatic rings. The van der Waals surface area contributed by atoms with Crippen molar-refractivity contribution in [2.75, 3.05) is 40.0 Å². The van der Waals surface area contributed by atoms with Gasteiger partial charge in [-0.25, -0.2) is 8.42 Å². The van der Waals surface area contributed by atoms with Gasteiger partial charge < -0.3 is 10.2 Å². The lowest BCUT2D eigenvalue weighted by molar-refractivity contribution is -0.121. The van der Waals surface area contributed by atoms with E-state index in [4.69, 9.17) is 0 Å². The average Bonchev–Trinajstić information content (AvgIpc) is 2.37. The van der Waals surface area contributed by atoms with E-state index < -0.39 is 10.0 Å². The highest BCUT2D eigenvalue weighted by molar-refractivity contribution is 7.88. The van der Waals surface area contributed by atoms with Gasteiger partial charge in [0, 0.05) is 19.3 Å². The zero-order valence-electron chi connectivity index (χ0n) is 12.6. The third-order valence-corrected chi connectivity index (χ3v) is 3.93. The molecule has 0 aromatic carbocycles. The molecule has 0 radical (unpaired) electrons. The lowest BCUT2D eigenvalue weighted by Gasteiger charge is -2.19. The van der Waals surface area contributed by atoms with Gasteiger partial charge in [0.15, 0.2) is 0 Å². The highest BCUT2D eigenvalue weighted by Crippen LogP contribution is 2.05. The number of nitrogens with one attached hydrogen (secondary N) is 1. The van der Waals surface area contributed by atoms with E-state index in [-0.39, 0.29) is 19.0 Å². The van der Waals surface area contributed by atoms with Crippen LogP contribution in [0.4, 0.5) is 0 Å². The SMILES string of the molecule is CN(C)CCNC(=O)CN(Cc1ccccn1)S(C)(=O)=O. The Balaban J connectivity index is 2.61. The van der Waals surface area contributed by atoms with E-state index >= 15 is 0 Å². The molecule has 7 nitrogen and oxygen atoms in total. The minimum Gasteiger partial charge on any atom is -0.354 e. The van der Waals surface area contributed by atoms with E-state index in [1.54, 1.807) is 24.4 Å². The Morgan fingerprint density at radius 1 is 1.33 bits per heavy atom. The highest BCUT2D eigenvalue weighted by Gasteiger charge is 2.20. The van der Waals surface area contributed by atoms with Crippen LogP contribution < -0.4 is 5.32 Å². The van der Waals surface area contributed by atoms with Crippen molar-refractivity contribution in [3.8, 4) is 0 Å². The summed E-state index contributed by atoms with van der Waals surface area (Å²) in [4.78, 5) is 17.8. The van der Waals surface area contributed by atoms with Crippen LogP contribution in [0.1, 0.15) is 5.69 Å². The number of aromatic nitrogens is 1. The molecule has 0 unspecified atom stereocenters. The largest absolute Gasteiger partial charge is 0.354 e. The second-order valence-corrected chi connectivity index (χ2v) is 6.99. The highest BCUT2D eigenvalue weighted by atomic mass is 32.2. The Hall–Kier alpha value is -1.51. The number of nitrogens with zero attached hydrogens (tertiary/aromatic N) is 3. The molecule has 0 saturated heterocycles. The molecule has 0 spiro atoms. The fourth-order valence-electron chi connectivity index (χ4n) is 1.60. The van der Waals surface area contributed by atoms with Gasteiger partial charge >= 0.3 is 0 Å². The molecule has 1 rings (SSSR count). The number of carbonyl (C=O) groups is 1. The molecule has 21 heavy (non-hydrogen) atoms. The summed E-state index contributed by atoms with van der Waals surface area (Å²) in [6.07, 6.45) is 2.68. The Bertz CT molecular complexity index is 546. The molecule has 8 heteroatoms.